The van der Waals surface area contributed by atoms with Gasteiger partial charge in [0.25, 0.3) is 17.4 Å². The number of para-hydroxylation sites is 1. The first kappa shape index (κ1) is 22.7. The van der Waals surface area contributed by atoms with Crippen molar-refractivity contribution in [3.63, 3.8) is 0 Å². The lowest BCUT2D eigenvalue weighted by molar-refractivity contribution is -0.384. The second-order valence-corrected chi connectivity index (χ2v) is 8.06. The molecule has 1 amide bonds. The summed E-state index contributed by atoms with van der Waals surface area (Å²) in [7, 11) is 1.47. The van der Waals surface area contributed by atoms with Crippen molar-refractivity contribution in [2.24, 2.45) is 0 Å². The van der Waals surface area contributed by atoms with Crippen molar-refractivity contribution in [1.82, 2.24) is 0 Å². The third kappa shape index (κ3) is 3.90. The number of non-ortho nitro benzene ring substituents is 1. The molecule has 3 aromatic rings. The SMILES string of the molecule is COc1ccccc1C1/C(=C(\O)c2cccc([N+](=O)[O-])c2)C(=O)C(=O)N1c1cc(C)cc(C)c1. The summed E-state index contributed by atoms with van der Waals surface area (Å²) >= 11 is 0. The number of aryl methyl sites for hydroxylation is 2. The maximum Gasteiger partial charge on any atom is 0.300 e. The predicted octanol–water partition coefficient (Wildman–Crippen LogP) is 4.85. The molecule has 1 atom stereocenters. The number of methoxy groups -OCH3 is 1. The van der Waals surface area contributed by atoms with E-state index in [1.165, 1.54) is 36.3 Å². The maximum absolute atomic E-state index is 13.3. The summed E-state index contributed by atoms with van der Waals surface area (Å²) in [5.74, 6) is -1.77. The van der Waals surface area contributed by atoms with Crippen LogP contribution in [0, 0.1) is 24.0 Å². The van der Waals surface area contributed by atoms with Gasteiger partial charge in [0.05, 0.1) is 23.6 Å². The first-order chi connectivity index (χ1) is 16.2. The molecule has 0 bridgehead atoms. The van der Waals surface area contributed by atoms with Gasteiger partial charge in [0.2, 0.25) is 0 Å². The van der Waals surface area contributed by atoms with Crippen molar-refractivity contribution in [3.8, 4) is 5.75 Å². The number of nitro groups is 1. The lowest BCUT2D eigenvalue weighted by Gasteiger charge is -2.27. The Morgan fingerprint density at radius 2 is 1.68 bits per heavy atom. The molecular weight excluding hydrogens is 436 g/mol. The fraction of sp³-hybridized carbons (Fsp3) is 0.154. The number of ketones is 1. The Bertz CT molecular complexity index is 1340. The van der Waals surface area contributed by atoms with Gasteiger partial charge in [-0.05, 0) is 43.2 Å². The summed E-state index contributed by atoms with van der Waals surface area (Å²) in [5.41, 5.74) is 2.43. The smallest absolute Gasteiger partial charge is 0.300 e. The van der Waals surface area contributed by atoms with Crippen LogP contribution in [-0.2, 0) is 9.59 Å². The zero-order valence-electron chi connectivity index (χ0n) is 18.8. The Morgan fingerprint density at radius 3 is 2.32 bits per heavy atom. The van der Waals surface area contributed by atoms with Gasteiger partial charge in [-0.2, -0.15) is 0 Å². The van der Waals surface area contributed by atoms with Crippen LogP contribution in [-0.4, -0.2) is 28.8 Å². The summed E-state index contributed by atoms with van der Waals surface area (Å²) < 4.78 is 5.50. The Kier molecular flexibility index (Phi) is 5.89. The molecule has 8 heteroatoms. The molecule has 8 nitrogen and oxygen atoms in total. The van der Waals surface area contributed by atoms with E-state index in [0.29, 0.717) is 17.0 Å². The van der Waals surface area contributed by atoms with Crippen LogP contribution in [0.2, 0.25) is 0 Å². The average Bonchev–Trinajstić information content (AvgIpc) is 3.08. The Hall–Kier alpha value is -4.46. The first-order valence-corrected chi connectivity index (χ1v) is 10.5. The minimum atomic E-state index is -1.00. The summed E-state index contributed by atoms with van der Waals surface area (Å²) in [4.78, 5) is 38.6. The van der Waals surface area contributed by atoms with Crippen LogP contribution in [0.5, 0.6) is 5.75 Å². The number of carbonyl (C=O) groups excluding carboxylic acids is 2. The highest BCUT2D eigenvalue weighted by atomic mass is 16.6. The number of amides is 1. The number of Topliss-reactive ketones (excluding diaryl/α,β-unsaturated/α-hetero) is 1. The molecule has 0 spiro atoms. The molecule has 0 aliphatic carbocycles. The largest absolute Gasteiger partial charge is 0.507 e. The number of rotatable bonds is 5. The van der Waals surface area contributed by atoms with Crippen LogP contribution in [0.15, 0.2) is 72.3 Å². The fourth-order valence-corrected chi connectivity index (χ4v) is 4.30. The topological polar surface area (TPSA) is 110 Å². The van der Waals surface area contributed by atoms with E-state index in [0.717, 1.165) is 11.1 Å². The summed E-state index contributed by atoms with van der Waals surface area (Å²) in [5, 5.41) is 22.4. The molecule has 1 aliphatic rings. The molecule has 1 aliphatic heterocycles. The fourth-order valence-electron chi connectivity index (χ4n) is 4.30. The number of nitrogens with zero attached hydrogens (tertiary/aromatic N) is 2. The molecule has 1 N–H and O–H groups in total. The third-order valence-electron chi connectivity index (χ3n) is 5.69. The van der Waals surface area contributed by atoms with Gasteiger partial charge in [-0.1, -0.05) is 36.4 Å². The first-order valence-electron chi connectivity index (χ1n) is 10.5. The molecule has 4 rings (SSSR count). The number of carbonyl (C=O) groups is 2. The van der Waals surface area contributed by atoms with Gasteiger partial charge >= 0.3 is 0 Å². The van der Waals surface area contributed by atoms with Crippen molar-refractivity contribution in [3.05, 3.63) is 105 Å². The molecule has 1 saturated heterocycles. The minimum Gasteiger partial charge on any atom is -0.507 e. The van der Waals surface area contributed by atoms with E-state index in [9.17, 15) is 24.8 Å². The lowest BCUT2D eigenvalue weighted by Crippen LogP contribution is -2.29. The van der Waals surface area contributed by atoms with E-state index in [1.807, 2.05) is 19.9 Å². The number of hydrogen-bond donors (Lipinski definition) is 1. The maximum atomic E-state index is 13.3. The van der Waals surface area contributed by atoms with E-state index < -0.39 is 28.4 Å². The van der Waals surface area contributed by atoms with Crippen LogP contribution >= 0.6 is 0 Å². The van der Waals surface area contributed by atoms with Crippen molar-refractivity contribution >= 4 is 28.8 Å². The lowest BCUT2D eigenvalue weighted by atomic mass is 9.94. The van der Waals surface area contributed by atoms with Crippen LogP contribution in [0.4, 0.5) is 11.4 Å². The summed E-state index contributed by atoms with van der Waals surface area (Å²) in [6.07, 6.45) is 0. The van der Waals surface area contributed by atoms with Crippen molar-refractivity contribution in [2.45, 2.75) is 19.9 Å². The number of anilines is 1. The molecule has 0 saturated carbocycles. The van der Waals surface area contributed by atoms with Crippen LogP contribution in [0.25, 0.3) is 5.76 Å². The van der Waals surface area contributed by atoms with Gasteiger partial charge in [0, 0.05) is 28.9 Å². The van der Waals surface area contributed by atoms with Gasteiger partial charge < -0.3 is 9.84 Å². The Balaban J connectivity index is 2.01. The van der Waals surface area contributed by atoms with Crippen LogP contribution in [0.1, 0.15) is 28.3 Å². The summed E-state index contributed by atoms with van der Waals surface area (Å²) in [6.45, 7) is 3.77. The Morgan fingerprint density at radius 1 is 1.00 bits per heavy atom. The highest BCUT2D eigenvalue weighted by molar-refractivity contribution is 6.51. The second kappa shape index (κ2) is 8.82. The standard InChI is InChI=1S/C26H22N2O6/c1-15-11-16(2)13-19(12-15)27-23(20-9-4-5-10-21(20)34-3)22(25(30)26(27)31)24(29)17-7-6-8-18(14-17)28(32)33/h4-14,23,29H,1-3H3/b24-22+. The predicted molar refractivity (Wildman–Crippen MR) is 127 cm³/mol. The number of nitro benzene ring substituents is 1. The van der Waals surface area contributed by atoms with Crippen LogP contribution < -0.4 is 9.64 Å². The molecule has 1 unspecified atom stereocenters. The monoisotopic (exact) mass is 458 g/mol. The molecule has 34 heavy (non-hydrogen) atoms. The van der Waals surface area contributed by atoms with Gasteiger partial charge in [-0.25, -0.2) is 0 Å². The highest BCUT2D eigenvalue weighted by Crippen LogP contribution is 2.45. The van der Waals surface area contributed by atoms with Crippen molar-refractivity contribution in [2.75, 3.05) is 12.0 Å². The van der Waals surface area contributed by atoms with Gasteiger partial charge in [0.15, 0.2) is 0 Å². The van der Waals surface area contributed by atoms with E-state index in [-0.39, 0.29) is 16.8 Å². The van der Waals surface area contributed by atoms with Crippen molar-refractivity contribution in [1.29, 1.82) is 0 Å². The van der Waals surface area contributed by atoms with E-state index >= 15 is 0 Å². The zero-order valence-corrected chi connectivity index (χ0v) is 18.8. The molecule has 3 aromatic carbocycles. The normalized spacial score (nSPS) is 17.1. The second-order valence-electron chi connectivity index (χ2n) is 8.06. The zero-order chi connectivity index (χ0) is 24.6. The average molecular weight is 458 g/mol. The van der Waals surface area contributed by atoms with E-state index in [2.05, 4.69) is 0 Å². The number of aliphatic hydroxyl groups is 1. The van der Waals surface area contributed by atoms with Gasteiger partial charge in [-0.3, -0.25) is 24.6 Å². The van der Waals surface area contributed by atoms with Crippen molar-refractivity contribution < 1.29 is 24.4 Å². The number of ether oxygens (including phenoxy) is 1. The molecule has 0 radical (unpaired) electrons. The highest BCUT2D eigenvalue weighted by Gasteiger charge is 2.48. The molecule has 1 fully saturated rings. The van der Waals surface area contributed by atoms with Gasteiger partial charge in [-0.15, -0.1) is 0 Å². The molecular formula is C26H22N2O6. The quantitative estimate of drug-likeness (QED) is 0.192. The molecule has 0 aromatic heterocycles. The third-order valence-corrected chi connectivity index (χ3v) is 5.69. The molecule has 172 valence electrons. The number of aliphatic hydroxyl groups excluding tert-OH is 1. The molecule has 1 heterocycles. The van der Waals surface area contributed by atoms with E-state index in [1.54, 1.807) is 36.4 Å². The van der Waals surface area contributed by atoms with Gasteiger partial charge in [0.1, 0.15) is 11.5 Å². The summed E-state index contributed by atoms with van der Waals surface area (Å²) in [6, 6.07) is 16.7. The minimum absolute atomic E-state index is 0.0625. The van der Waals surface area contributed by atoms with Crippen LogP contribution in [0.3, 0.4) is 0 Å². The van der Waals surface area contributed by atoms with E-state index in [4.69, 9.17) is 4.74 Å². The number of benzene rings is 3. The number of hydrogen-bond acceptors (Lipinski definition) is 6. The Labute approximate surface area is 195 Å².